The van der Waals surface area contributed by atoms with Crippen molar-refractivity contribution in [3.8, 4) is 0 Å². The summed E-state index contributed by atoms with van der Waals surface area (Å²) in [5.41, 5.74) is 1.29. The quantitative estimate of drug-likeness (QED) is 0.770. The number of hydrogen-bond donors (Lipinski definition) is 1. The second kappa shape index (κ2) is 4.36. The molecule has 0 spiro atoms. The van der Waals surface area contributed by atoms with E-state index in [0.717, 1.165) is 11.6 Å². The summed E-state index contributed by atoms with van der Waals surface area (Å²) in [6.07, 6.45) is 1.27. The summed E-state index contributed by atoms with van der Waals surface area (Å²) in [7, 11) is 0. The van der Waals surface area contributed by atoms with E-state index in [-0.39, 0.29) is 0 Å². The normalized spacial score (nSPS) is 23.0. The molecule has 13 heavy (non-hydrogen) atoms. The third-order valence-electron chi connectivity index (χ3n) is 2.09. The molecule has 1 N–H and O–H groups in total. The van der Waals surface area contributed by atoms with Crippen LogP contribution in [-0.4, -0.2) is 12.3 Å². The molecule has 0 saturated carbocycles. The van der Waals surface area contributed by atoms with Crippen LogP contribution in [0.4, 0.5) is 0 Å². The third kappa shape index (κ3) is 2.39. The molecule has 1 aromatic carbocycles. The number of benzene rings is 1. The van der Waals surface area contributed by atoms with Crippen molar-refractivity contribution in [1.29, 1.82) is 0 Å². The van der Waals surface area contributed by atoms with Gasteiger partial charge in [0.05, 0.1) is 5.37 Å². The van der Waals surface area contributed by atoms with Crippen molar-refractivity contribution >= 4 is 23.4 Å². The lowest BCUT2D eigenvalue weighted by molar-refractivity contribution is 0.643. The van der Waals surface area contributed by atoms with Gasteiger partial charge >= 0.3 is 0 Å². The van der Waals surface area contributed by atoms with Gasteiger partial charge < -0.3 is 5.32 Å². The van der Waals surface area contributed by atoms with Gasteiger partial charge in [-0.3, -0.25) is 0 Å². The number of rotatable bonds is 1. The van der Waals surface area contributed by atoms with Crippen LogP contribution in [0.1, 0.15) is 17.4 Å². The highest BCUT2D eigenvalue weighted by molar-refractivity contribution is 7.99. The Morgan fingerprint density at radius 3 is 3.08 bits per heavy atom. The van der Waals surface area contributed by atoms with E-state index in [1.54, 1.807) is 0 Å². The molecular weight excluding hydrogens is 202 g/mol. The smallest absolute Gasteiger partial charge is 0.0789 e. The fourth-order valence-electron chi connectivity index (χ4n) is 1.45. The third-order valence-corrected chi connectivity index (χ3v) is 3.62. The zero-order valence-corrected chi connectivity index (χ0v) is 8.87. The molecule has 0 bridgehead atoms. The highest BCUT2D eigenvalue weighted by Gasteiger charge is 2.14. The molecule has 0 amide bonds. The first kappa shape index (κ1) is 9.38. The van der Waals surface area contributed by atoms with Gasteiger partial charge in [-0.2, -0.15) is 0 Å². The first-order valence-electron chi connectivity index (χ1n) is 4.47. The van der Waals surface area contributed by atoms with Gasteiger partial charge in [-0.25, -0.2) is 0 Å². The maximum absolute atomic E-state index is 5.93. The molecule has 0 radical (unpaired) electrons. The number of halogens is 1. The lowest BCUT2D eigenvalue weighted by Gasteiger charge is -2.23. The van der Waals surface area contributed by atoms with Crippen LogP contribution in [0.25, 0.3) is 0 Å². The topological polar surface area (TPSA) is 12.0 Å². The first-order valence-corrected chi connectivity index (χ1v) is 5.89. The molecule has 1 nitrogen and oxygen atoms in total. The van der Waals surface area contributed by atoms with Crippen molar-refractivity contribution in [3.63, 3.8) is 0 Å². The number of nitrogens with one attached hydrogen (secondary N) is 1. The molecule has 70 valence electrons. The van der Waals surface area contributed by atoms with Gasteiger partial charge in [-0.15, -0.1) is 11.8 Å². The minimum atomic E-state index is 0.437. The first-order chi connectivity index (χ1) is 6.36. The molecule has 0 aromatic heterocycles. The van der Waals surface area contributed by atoms with Gasteiger partial charge in [0.15, 0.2) is 0 Å². The standard InChI is InChI=1S/C10H12ClNS/c11-9-4-1-3-8(7-9)10-12-5-2-6-13-10/h1,3-4,7,10,12H,2,5-6H2. The summed E-state index contributed by atoms with van der Waals surface area (Å²) in [6, 6.07) is 8.09. The molecule has 1 heterocycles. The van der Waals surface area contributed by atoms with Crippen LogP contribution in [0.3, 0.4) is 0 Å². The summed E-state index contributed by atoms with van der Waals surface area (Å²) >= 11 is 7.88. The minimum absolute atomic E-state index is 0.437. The molecule has 1 fully saturated rings. The van der Waals surface area contributed by atoms with Crippen LogP contribution < -0.4 is 5.32 Å². The van der Waals surface area contributed by atoms with E-state index in [9.17, 15) is 0 Å². The maximum Gasteiger partial charge on any atom is 0.0789 e. The Kier molecular flexibility index (Phi) is 3.14. The molecule has 1 unspecified atom stereocenters. The maximum atomic E-state index is 5.93. The van der Waals surface area contributed by atoms with E-state index in [1.165, 1.54) is 17.7 Å². The van der Waals surface area contributed by atoms with Crippen LogP contribution in [-0.2, 0) is 0 Å². The summed E-state index contributed by atoms with van der Waals surface area (Å²) in [5, 5.41) is 4.73. The highest BCUT2D eigenvalue weighted by Crippen LogP contribution is 2.30. The molecule has 1 aliphatic rings. The zero-order valence-electron chi connectivity index (χ0n) is 7.29. The van der Waals surface area contributed by atoms with Gasteiger partial charge in [0.25, 0.3) is 0 Å². The highest BCUT2D eigenvalue weighted by atomic mass is 35.5. The van der Waals surface area contributed by atoms with Crippen LogP contribution >= 0.6 is 23.4 Å². The number of hydrogen-bond acceptors (Lipinski definition) is 2. The predicted octanol–water partition coefficient (Wildman–Crippen LogP) is 3.07. The Morgan fingerprint density at radius 1 is 1.46 bits per heavy atom. The van der Waals surface area contributed by atoms with Gasteiger partial charge in [0.1, 0.15) is 0 Å². The van der Waals surface area contributed by atoms with Gasteiger partial charge in [0.2, 0.25) is 0 Å². The van der Waals surface area contributed by atoms with Gasteiger partial charge in [-0.05, 0) is 36.4 Å². The van der Waals surface area contributed by atoms with E-state index in [0.29, 0.717) is 5.37 Å². The molecule has 1 aromatic rings. The fraction of sp³-hybridized carbons (Fsp3) is 0.400. The SMILES string of the molecule is Clc1cccc(C2NCCCS2)c1. The second-order valence-electron chi connectivity index (χ2n) is 3.11. The molecular formula is C10H12ClNS. The van der Waals surface area contributed by atoms with E-state index in [1.807, 2.05) is 30.0 Å². The summed E-state index contributed by atoms with van der Waals surface area (Å²) in [4.78, 5) is 0. The van der Waals surface area contributed by atoms with Gasteiger partial charge in [-0.1, -0.05) is 23.7 Å². The zero-order chi connectivity index (χ0) is 9.10. The summed E-state index contributed by atoms with van der Waals surface area (Å²) < 4.78 is 0. The fourth-order valence-corrected chi connectivity index (χ4v) is 2.77. The minimum Gasteiger partial charge on any atom is -0.302 e. The summed E-state index contributed by atoms with van der Waals surface area (Å²) in [5.74, 6) is 1.24. The van der Waals surface area contributed by atoms with E-state index >= 15 is 0 Å². The van der Waals surface area contributed by atoms with Crippen LogP contribution in [0.15, 0.2) is 24.3 Å². The van der Waals surface area contributed by atoms with Crippen molar-refractivity contribution in [2.24, 2.45) is 0 Å². The molecule has 0 aliphatic carbocycles. The summed E-state index contributed by atoms with van der Waals surface area (Å²) in [6.45, 7) is 1.12. The van der Waals surface area contributed by atoms with E-state index in [2.05, 4.69) is 11.4 Å². The lowest BCUT2D eigenvalue weighted by Crippen LogP contribution is -2.25. The lowest BCUT2D eigenvalue weighted by atomic mass is 10.2. The Balaban J connectivity index is 2.14. The van der Waals surface area contributed by atoms with E-state index < -0.39 is 0 Å². The molecule has 1 atom stereocenters. The van der Waals surface area contributed by atoms with Gasteiger partial charge in [0, 0.05) is 5.02 Å². The van der Waals surface area contributed by atoms with Crippen LogP contribution in [0.5, 0.6) is 0 Å². The van der Waals surface area contributed by atoms with Crippen LogP contribution in [0, 0.1) is 0 Å². The monoisotopic (exact) mass is 213 g/mol. The Morgan fingerprint density at radius 2 is 2.38 bits per heavy atom. The Bertz CT molecular complexity index is 284. The van der Waals surface area contributed by atoms with Crippen molar-refractivity contribution in [1.82, 2.24) is 5.32 Å². The largest absolute Gasteiger partial charge is 0.302 e. The average Bonchev–Trinajstić information content (AvgIpc) is 2.19. The molecule has 3 heteroatoms. The molecule has 2 rings (SSSR count). The van der Waals surface area contributed by atoms with Crippen LogP contribution in [0.2, 0.25) is 5.02 Å². The van der Waals surface area contributed by atoms with Crippen molar-refractivity contribution in [2.45, 2.75) is 11.8 Å². The average molecular weight is 214 g/mol. The molecule has 1 saturated heterocycles. The van der Waals surface area contributed by atoms with Crippen molar-refractivity contribution in [3.05, 3.63) is 34.9 Å². The molecule has 1 aliphatic heterocycles. The van der Waals surface area contributed by atoms with E-state index in [4.69, 9.17) is 11.6 Å². The van der Waals surface area contributed by atoms with Crippen molar-refractivity contribution < 1.29 is 0 Å². The Hall–Kier alpha value is -0.180. The second-order valence-corrected chi connectivity index (χ2v) is 4.76. The Labute approximate surface area is 87.9 Å². The predicted molar refractivity (Wildman–Crippen MR) is 59.3 cm³/mol. The van der Waals surface area contributed by atoms with Crippen molar-refractivity contribution in [2.75, 3.05) is 12.3 Å². The number of thioether (sulfide) groups is 1.